The summed E-state index contributed by atoms with van der Waals surface area (Å²) < 4.78 is 19.5. The number of aryl methyl sites for hydroxylation is 2. The fourth-order valence-electron chi connectivity index (χ4n) is 3.98. The van der Waals surface area contributed by atoms with Crippen LogP contribution in [0.4, 0.5) is 4.39 Å². The average Bonchev–Trinajstić information content (AvgIpc) is 3.40. The number of nitrogens with two attached hydrogens (primary N) is 1. The van der Waals surface area contributed by atoms with Crippen molar-refractivity contribution in [1.29, 1.82) is 0 Å². The number of H-pyrrole nitrogens is 1. The van der Waals surface area contributed by atoms with Crippen LogP contribution < -0.4 is 5.73 Å². The number of fused-ring (bicyclic) bond motifs is 1. The smallest absolute Gasteiger partial charge is 0.358 e. The van der Waals surface area contributed by atoms with E-state index >= 15 is 0 Å². The number of ether oxygens (including phenoxy) is 1. The number of amides is 1. The molecule has 0 radical (unpaired) electrons. The second kappa shape index (κ2) is 8.68. The van der Waals surface area contributed by atoms with Crippen LogP contribution >= 0.6 is 11.3 Å². The zero-order valence-corrected chi connectivity index (χ0v) is 19.7. The summed E-state index contributed by atoms with van der Waals surface area (Å²) in [6.45, 7) is 4.37. The van der Waals surface area contributed by atoms with Gasteiger partial charge in [0, 0.05) is 17.1 Å². The van der Waals surface area contributed by atoms with Crippen LogP contribution in [0.2, 0.25) is 0 Å². The first-order valence-electron chi connectivity index (χ1n) is 11.1. The molecule has 1 unspecified atom stereocenters. The van der Waals surface area contributed by atoms with Gasteiger partial charge in [0.05, 0.1) is 11.5 Å². The lowest BCUT2D eigenvalue weighted by Crippen LogP contribution is -2.22. The van der Waals surface area contributed by atoms with Gasteiger partial charge < -0.3 is 15.5 Å². The first kappa shape index (κ1) is 22.3. The number of benzene rings is 2. The van der Waals surface area contributed by atoms with E-state index in [1.165, 1.54) is 23.5 Å². The predicted octanol–water partition coefficient (Wildman–Crippen LogP) is 5.23. The van der Waals surface area contributed by atoms with Crippen molar-refractivity contribution in [2.45, 2.75) is 32.6 Å². The minimum absolute atomic E-state index is 0.168. The third-order valence-electron chi connectivity index (χ3n) is 6.27. The number of halogens is 1. The summed E-state index contributed by atoms with van der Waals surface area (Å²) in [7, 11) is 0. The van der Waals surface area contributed by atoms with Crippen molar-refractivity contribution >= 4 is 34.1 Å². The molecule has 5 rings (SSSR count). The lowest BCUT2D eigenvalue weighted by molar-refractivity contribution is -0.118. The topological polar surface area (TPSA) is 98.1 Å². The van der Waals surface area contributed by atoms with Gasteiger partial charge in [0.25, 0.3) is 0 Å². The van der Waals surface area contributed by atoms with E-state index in [0.29, 0.717) is 38.9 Å². The molecule has 1 aliphatic rings. The van der Waals surface area contributed by atoms with Crippen LogP contribution in [-0.4, -0.2) is 28.5 Å². The number of aromatic nitrogens is 2. The Morgan fingerprint density at radius 1 is 1.21 bits per heavy atom. The standard InChI is InChI=1S/C26H24FN3O3S/c1-13-3-6-16(9-14(13)2)23-22(26(32)33-12-15-4-5-15)30-25(34-23)21(24(28)31)19-11-29-20-8-7-17(27)10-18(19)20/h3,6-11,15,21,29H,4-5,12H2,1-2H3,(H2,28,31). The minimum Gasteiger partial charge on any atom is -0.461 e. The maximum absolute atomic E-state index is 14.0. The summed E-state index contributed by atoms with van der Waals surface area (Å²) in [6.07, 6.45) is 3.75. The van der Waals surface area contributed by atoms with Gasteiger partial charge in [-0.05, 0) is 73.1 Å². The SMILES string of the molecule is Cc1ccc(-c2sc(C(C(N)=O)c3c[nH]c4ccc(F)cc34)nc2C(=O)OCC2CC2)cc1C. The maximum atomic E-state index is 14.0. The number of carbonyl (C=O) groups is 2. The highest BCUT2D eigenvalue weighted by Gasteiger charge is 2.32. The second-order valence-electron chi connectivity index (χ2n) is 8.84. The van der Waals surface area contributed by atoms with Gasteiger partial charge in [-0.25, -0.2) is 14.2 Å². The number of primary amides is 1. The molecule has 174 valence electrons. The Morgan fingerprint density at radius 2 is 2.00 bits per heavy atom. The third-order valence-corrected chi connectivity index (χ3v) is 7.44. The van der Waals surface area contributed by atoms with Crippen LogP contribution in [0.25, 0.3) is 21.3 Å². The Morgan fingerprint density at radius 3 is 2.71 bits per heavy atom. The number of nitrogens with one attached hydrogen (secondary N) is 1. The molecular formula is C26H24FN3O3S. The summed E-state index contributed by atoms with van der Waals surface area (Å²) in [5.74, 6) is -2.11. The molecule has 2 aromatic heterocycles. The van der Waals surface area contributed by atoms with Crippen molar-refractivity contribution in [1.82, 2.24) is 9.97 Å². The molecule has 0 bridgehead atoms. The van der Waals surface area contributed by atoms with E-state index in [-0.39, 0.29) is 5.69 Å². The Balaban J connectivity index is 1.63. The molecule has 1 fully saturated rings. The van der Waals surface area contributed by atoms with Crippen molar-refractivity contribution < 1.29 is 18.7 Å². The van der Waals surface area contributed by atoms with Crippen LogP contribution in [-0.2, 0) is 9.53 Å². The normalized spacial score (nSPS) is 14.3. The van der Waals surface area contributed by atoms with Gasteiger partial charge >= 0.3 is 5.97 Å². The third kappa shape index (κ3) is 4.21. The van der Waals surface area contributed by atoms with E-state index < -0.39 is 23.6 Å². The quantitative estimate of drug-likeness (QED) is 0.356. The predicted molar refractivity (Wildman–Crippen MR) is 129 cm³/mol. The Hall–Kier alpha value is -3.52. The van der Waals surface area contributed by atoms with Crippen molar-refractivity contribution in [3.8, 4) is 10.4 Å². The van der Waals surface area contributed by atoms with Gasteiger partial charge in [-0.3, -0.25) is 4.79 Å². The van der Waals surface area contributed by atoms with Crippen molar-refractivity contribution in [2.75, 3.05) is 6.61 Å². The van der Waals surface area contributed by atoms with Gasteiger partial charge in [-0.1, -0.05) is 18.2 Å². The molecule has 1 atom stereocenters. The van der Waals surface area contributed by atoms with E-state index in [9.17, 15) is 14.0 Å². The molecule has 2 aromatic carbocycles. The maximum Gasteiger partial charge on any atom is 0.358 e. The number of hydrogen-bond donors (Lipinski definition) is 2. The Labute approximate surface area is 200 Å². The highest BCUT2D eigenvalue weighted by molar-refractivity contribution is 7.15. The Bertz CT molecular complexity index is 1420. The number of hydrogen-bond acceptors (Lipinski definition) is 5. The number of rotatable bonds is 7. The summed E-state index contributed by atoms with van der Waals surface area (Å²) in [5, 5.41) is 0.911. The van der Waals surface area contributed by atoms with Gasteiger partial charge in [0.15, 0.2) is 5.69 Å². The molecule has 34 heavy (non-hydrogen) atoms. The second-order valence-corrected chi connectivity index (χ2v) is 9.87. The van der Waals surface area contributed by atoms with Crippen LogP contribution in [0.5, 0.6) is 0 Å². The average molecular weight is 478 g/mol. The van der Waals surface area contributed by atoms with E-state index in [2.05, 4.69) is 9.97 Å². The summed E-state index contributed by atoms with van der Waals surface area (Å²) in [6, 6.07) is 10.2. The molecule has 1 saturated carbocycles. The molecular weight excluding hydrogens is 453 g/mol. The first-order chi connectivity index (χ1) is 16.3. The van der Waals surface area contributed by atoms with Crippen LogP contribution in [0.15, 0.2) is 42.6 Å². The van der Waals surface area contributed by atoms with Gasteiger partial charge in [-0.2, -0.15) is 0 Å². The molecule has 0 saturated heterocycles. The van der Waals surface area contributed by atoms with E-state index in [1.54, 1.807) is 12.3 Å². The fourth-order valence-corrected chi connectivity index (χ4v) is 5.16. The number of esters is 1. The van der Waals surface area contributed by atoms with Crippen LogP contribution in [0.3, 0.4) is 0 Å². The summed E-state index contributed by atoms with van der Waals surface area (Å²) >= 11 is 1.23. The summed E-state index contributed by atoms with van der Waals surface area (Å²) in [5.41, 5.74) is 10.2. The number of thiazole rings is 1. The molecule has 0 spiro atoms. The fraction of sp³-hybridized carbons (Fsp3) is 0.269. The molecule has 1 aliphatic carbocycles. The zero-order valence-electron chi connectivity index (χ0n) is 18.9. The van der Waals surface area contributed by atoms with Crippen molar-refractivity contribution in [2.24, 2.45) is 11.7 Å². The first-order valence-corrected chi connectivity index (χ1v) is 11.9. The zero-order chi connectivity index (χ0) is 24.0. The highest BCUT2D eigenvalue weighted by atomic mass is 32.1. The lowest BCUT2D eigenvalue weighted by Gasteiger charge is -2.09. The lowest BCUT2D eigenvalue weighted by atomic mass is 9.98. The minimum atomic E-state index is -0.948. The number of carbonyl (C=O) groups excluding carboxylic acids is 2. The molecule has 4 aromatic rings. The Kier molecular flexibility index (Phi) is 5.69. The van der Waals surface area contributed by atoms with Gasteiger partial charge in [0.2, 0.25) is 5.91 Å². The van der Waals surface area contributed by atoms with Gasteiger partial charge in [-0.15, -0.1) is 11.3 Å². The van der Waals surface area contributed by atoms with Crippen LogP contribution in [0.1, 0.15) is 50.9 Å². The number of nitrogens with zero attached hydrogens (tertiary/aromatic N) is 1. The van der Waals surface area contributed by atoms with Crippen LogP contribution in [0, 0.1) is 25.6 Å². The molecule has 2 heterocycles. The van der Waals surface area contributed by atoms with E-state index in [4.69, 9.17) is 10.5 Å². The molecule has 0 aliphatic heterocycles. The molecule has 8 heteroatoms. The highest BCUT2D eigenvalue weighted by Crippen LogP contribution is 2.39. The van der Waals surface area contributed by atoms with Crippen molar-refractivity contribution in [3.63, 3.8) is 0 Å². The molecule has 1 amide bonds. The largest absolute Gasteiger partial charge is 0.461 e. The molecule has 6 nitrogen and oxygen atoms in total. The van der Waals surface area contributed by atoms with Crippen molar-refractivity contribution in [3.05, 3.63) is 75.8 Å². The molecule has 3 N–H and O–H groups in total. The van der Waals surface area contributed by atoms with E-state index in [0.717, 1.165) is 29.5 Å². The van der Waals surface area contributed by atoms with Gasteiger partial charge in [0.1, 0.15) is 16.7 Å². The monoisotopic (exact) mass is 477 g/mol. The van der Waals surface area contributed by atoms with E-state index in [1.807, 2.05) is 32.0 Å². The number of aromatic amines is 1. The summed E-state index contributed by atoms with van der Waals surface area (Å²) in [4.78, 5) is 33.9.